The lowest BCUT2D eigenvalue weighted by Gasteiger charge is -2.33. The van der Waals surface area contributed by atoms with Crippen LogP contribution in [0.3, 0.4) is 0 Å². The fourth-order valence-corrected chi connectivity index (χ4v) is 4.18. The van der Waals surface area contributed by atoms with Crippen molar-refractivity contribution in [2.45, 2.75) is 83.6 Å². The van der Waals surface area contributed by atoms with Gasteiger partial charge in [-0.25, -0.2) is 0 Å². The number of nitrogens with zero attached hydrogens (tertiary/aromatic N) is 1. The molecule has 1 amide bonds. The van der Waals surface area contributed by atoms with Crippen LogP contribution in [0.15, 0.2) is 0 Å². The predicted molar refractivity (Wildman–Crippen MR) is 86.0 cm³/mol. The molecule has 122 valence electrons. The van der Waals surface area contributed by atoms with Gasteiger partial charge in [0.25, 0.3) is 0 Å². The highest BCUT2D eigenvalue weighted by molar-refractivity contribution is 5.79. The van der Waals surface area contributed by atoms with Crippen LogP contribution in [0.4, 0.5) is 0 Å². The highest BCUT2D eigenvalue weighted by Crippen LogP contribution is 2.34. The number of aliphatic hydroxyl groups excluding tert-OH is 1. The van der Waals surface area contributed by atoms with Crippen molar-refractivity contribution in [2.75, 3.05) is 13.2 Å². The molecular weight excluding hydrogens is 262 g/mol. The van der Waals surface area contributed by atoms with E-state index in [0.717, 1.165) is 51.0 Å². The molecule has 21 heavy (non-hydrogen) atoms. The first-order valence-corrected chi connectivity index (χ1v) is 9.17. The molecule has 0 spiro atoms. The summed E-state index contributed by atoms with van der Waals surface area (Å²) >= 11 is 0. The Kier molecular flexibility index (Phi) is 7.01. The van der Waals surface area contributed by atoms with Crippen LogP contribution in [0.2, 0.25) is 0 Å². The third kappa shape index (κ3) is 4.70. The highest BCUT2D eigenvalue weighted by atomic mass is 16.3. The van der Waals surface area contributed by atoms with Gasteiger partial charge in [0.1, 0.15) is 0 Å². The number of rotatable bonds is 7. The van der Waals surface area contributed by atoms with Gasteiger partial charge in [-0.05, 0) is 57.3 Å². The second-order valence-corrected chi connectivity index (χ2v) is 7.05. The molecule has 1 saturated heterocycles. The topological polar surface area (TPSA) is 40.5 Å². The van der Waals surface area contributed by atoms with Gasteiger partial charge in [0.2, 0.25) is 5.91 Å². The molecule has 0 aromatic rings. The number of likely N-dealkylation sites (tertiary alicyclic amines) is 1. The number of hydrogen-bond donors (Lipinski definition) is 1. The zero-order valence-electron chi connectivity index (χ0n) is 13.7. The van der Waals surface area contributed by atoms with Gasteiger partial charge in [0.05, 0.1) is 0 Å². The molecule has 2 fully saturated rings. The van der Waals surface area contributed by atoms with Crippen LogP contribution in [0, 0.1) is 11.8 Å². The third-order valence-corrected chi connectivity index (χ3v) is 5.52. The Labute approximate surface area is 130 Å². The quantitative estimate of drug-likeness (QED) is 0.777. The van der Waals surface area contributed by atoms with E-state index in [4.69, 9.17) is 5.11 Å². The lowest BCUT2D eigenvalue weighted by molar-refractivity contribution is -0.137. The molecule has 1 aliphatic carbocycles. The molecule has 0 aromatic heterocycles. The number of carbonyl (C=O) groups excluding carboxylic acids is 1. The number of unbranched alkanes of at least 4 members (excludes halogenated alkanes) is 1. The largest absolute Gasteiger partial charge is 0.396 e. The minimum absolute atomic E-state index is 0.251. The fourth-order valence-electron chi connectivity index (χ4n) is 4.18. The smallest absolute Gasteiger partial charge is 0.225 e. The van der Waals surface area contributed by atoms with E-state index in [-0.39, 0.29) is 12.5 Å². The first-order chi connectivity index (χ1) is 10.3. The van der Waals surface area contributed by atoms with Crippen molar-refractivity contribution in [3.05, 3.63) is 0 Å². The van der Waals surface area contributed by atoms with Gasteiger partial charge in [0, 0.05) is 25.1 Å². The third-order valence-electron chi connectivity index (χ3n) is 5.52. The SMILES string of the molecule is CCCCC1CCC(C(=O)N2CCCC2CCCO)CC1. The number of aliphatic hydroxyl groups is 1. The summed E-state index contributed by atoms with van der Waals surface area (Å²) in [5, 5.41) is 9.00. The molecule has 2 rings (SSSR count). The minimum atomic E-state index is 0.251. The van der Waals surface area contributed by atoms with Crippen molar-refractivity contribution >= 4 is 5.91 Å². The Morgan fingerprint density at radius 2 is 1.86 bits per heavy atom. The Hall–Kier alpha value is -0.570. The summed E-state index contributed by atoms with van der Waals surface area (Å²) in [5.74, 6) is 1.58. The number of hydrogen-bond acceptors (Lipinski definition) is 2. The van der Waals surface area contributed by atoms with Crippen molar-refractivity contribution in [2.24, 2.45) is 11.8 Å². The van der Waals surface area contributed by atoms with Gasteiger partial charge in [-0.1, -0.05) is 26.2 Å². The van der Waals surface area contributed by atoms with Crippen LogP contribution in [0.5, 0.6) is 0 Å². The second-order valence-electron chi connectivity index (χ2n) is 7.05. The summed E-state index contributed by atoms with van der Waals surface area (Å²) in [5.41, 5.74) is 0. The molecule has 1 aliphatic heterocycles. The van der Waals surface area contributed by atoms with Gasteiger partial charge in [-0.15, -0.1) is 0 Å². The van der Waals surface area contributed by atoms with Crippen molar-refractivity contribution in [1.29, 1.82) is 0 Å². The molecule has 1 heterocycles. The van der Waals surface area contributed by atoms with Crippen LogP contribution < -0.4 is 0 Å². The van der Waals surface area contributed by atoms with Crippen molar-refractivity contribution < 1.29 is 9.90 Å². The molecule has 1 unspecified atom stereocenters. The molecule has 2 aliphatic rings. The zero-order valence-corrected chi connectivity index (χ0v) is 13.7. The van der Waals surface area contributed by atoms with Crippen LogP contribution in [0.1, 0.15) is 77.6 Å². The summed E-state index contributed by atoms with van der Waals surface area (Å²) in [6.07, 6.45) is 12.8. The van der Waals surface area contributed by atoms with E-state index in [1.54, 1.807) is 0 Å². The van der Waals surface area contributed by atoms with E-state index in [1.165, 1.54) is 32.1 Å². The predicted octanol–water partition coefficient (Wildman–Crippen LogP) is 3.75. The zero-order chi connectivity index (χ0) is 15.1. The maximum atomic E-state index is 12.8. The molecule has 0 bridgehead atoms. The summed E-state index contributed by atoms with van der Waals surface area (Å²) in [6.45, 7) is 3.46. The van der Waals surface area contributed by atoms with E-state index in [0.29, 0.717) is 11.9 Å². The molecule has 1 atom stereocenters. The Bertz CT molecular complexity index is 310. The van der Waals surface area contributed by atoms with E-state index in [2.05, 4.69) is 11.8 Å². The summed E-state index contributed by atoms with van der Waals surface area (Å²) in [6, 6.07) is 0.405. The van der Waals surface area contributed by atoms with Gasteiger partial charge in [0.15, 0.2) is 0 Å². The maximum absolute atomic E-state index is 12.8. The number of amides is 1. The van der Waals surface area contributed by atoms with Crippen LogP contribution in [0.25, 0.3) is 0 Å². The normalized spacial score (nSPS) is 29.8. The van der Waals surface area contributed by atoms with Crippen molar-refractivity contribution in [1.82, 2.24) is 4.90 Å². The lowest BCUT2D eigenvalue weighted by atomic mass is 9.79. The molecule has 0 radical (unpaired) electrons. The standard InChI is InChI=1S/C18H33NO2/c1-2-3-6-15-9-11-16(12-10-15)18(21)19-13-4-7-17(19)8-5-14-20/h15-17,20H,2-14H2,1H3. The van der Waals surface area contributed by atoms with Crippen LogP contribution >= 0.6 is 0 Å². The molecule has 3 heteroatoms. The maximum Gasteiger partial charge on any atom is 0.225 e. The van der Waals surface area contributed by atoms with Gasteiger partial charge < -0.3 is 10.0 Å². The van der Waals surface area contributed by atoms with Crippen LogP contribution in [-0.4, -0.2) is 35.1 Å². The Morgan fingerprint density at radius 1 is 1.10 bits per heavy atom. The van der Waals surface area contributed by atoms with Gasteiger partial charge in [-0.2, -0.15) is 0 Å². The van der Waals surface area contributed by atoms with E-state index >= 15 is 0 Å². The van der Waals surface area contributed by atoms with Gasteiger partial charge >= 0.3 is 0 Å². The Balaban J connectivity index is 1.78. The summed E-state index contributed by atoms with van der Waals surface area (Å²) in [7, 11) is 0. The molecule has 1 saturated carbocycles. The molecule has 3 nitrogen and oxygen atoms in total. The first-order valence-electron chi connectivity index (χ1n) is 9.17. The van der Waals surface area contributed by atoms with Crippen molar-refractivity contribution in [3.8, 4) is 0 Å². The summed E-state index contributed by atoms with van der Waals surface area (Å²) < 4.78 is 0. The average molecular weight is 295 g/mol. The highest BCUT2D eigenvalue weighted by Gasteiger charge is 2.34. The minimum Gasteiger partial charge on any atom is -0.396 e. The van der Waals surface area contributed by atoms with Gasteiger partial charge in [-0.3, -0.25) is 4.79 Å². The lowest BCUT2D eigenvalue weighted by Crippen LogP contribution is -2.40. The van der Waals surface area contributed by atoms with E-state index in [1.807, 2.05) is 0 Å². The molecule has 0 aromatic carbocycles. The first kappa shape index (κ1) is 16.8. The molecular formula is C18H33NO2. The number of carbonyl (C=O) groups is 1. The van der Waals surface area contributed by atoms with Crippen LogP contribution in [-0.2, 0) is 4.79 Å². The Morgan fingerprint density at radius 3 is 2.52 bits per heavy atom. The van der Waals surface area contributed by atoms with Crippen molar-refractivity contribution in [3.63, 3.8) is 0 Å². The van der Waals surface area contributed by atoms with E-state index < -0.39 is 0 Å². The molecule has 1 N–H and O–H groups in total. The second kappa shape index (κ2) is 8.77. The average Bonchev–Trinajstić information content (AvgIpc) is 2.99. The monoisotopic (exact) mass is 295 g/mol. The fraction of sp³-hybridized carbons (Fsp3) is 0.944. The van der Waals surface area contributed by atoms with E-state index in [9.17, 15) is 4.79 Å². The summed E-state index contributed by atoms with van der Waals surface area (Å²) in [4.78, 5) is 14.9.